The average molecular weight is 385 g/mol. The van der Waals surface area contributed by atoms with Crippen LogP contribution in [0, 0.1) is 0 Å². The fourth-order valence-corrected chi connectivity index (χ4v) is 3.91. The number of carbonyl (C=O) groups excluding carboxylic acids is 1. The fraction of sp³-hybridized carbons (Fsp3) is 0.200. The Labute approximate surface area is 163 Å². The first-order valence-electron chi connectivity index (χ1n) is 8.28. The number of carbonyl (C=O) groups is 1. The van der Waals surface area contributed by atoms with E-state index >= 15 is 0 Å². The molecule has 1 amide bonds. The SMILES string of the molecule is CCOc1ccccc1/C=C1/SC(=S)N(c2ccc(N(C)C)cc2)C1=O. The molecule has 0 atom stereocenters. The Morgan fingerprint density at radius 2 is 1.85 bits per heavy atom. The van der Waals surface area contributed by atoms with E-state index in [-0.39, 0.29) is 5.91 Å². The predicted octanol–water partition coefficient (Wildman–Crippen LogP) is 4.56. The summed E-state index contributed by atoms with van der Waals surface area (Å²) in [5.41, 5.74) is 2.72. The molecule has 6 heteroatoms. The van der Waals surface area contributed by atoms with Crippen molar-refractivity contribution in [2.75, 3.05) is 30.5 Å². The third kappa shape index (κ3) is 3.76. The zero-order valence-electron chi connectivity index (χ0n) is 14.9. The summed E-state index contributed by atoms with van der Waals surface area (Å²) in [4.78, 5) is 17.1. The van der Waals surface area contributed by atoms with Gasteiger partial charge in [-0.1, -0.05) is 42.2 Å². The summed E-state index contributed by atoms with van der Waals surface area (Å²) in [6, 6.07) is 15.5. The Balaban J connectivity index is 1.89. The Hall–Kier alpha value is -2.31. The van der Waals surface area contributed by atoms with Crippen LogP contribution in [0.3, 0.4) is 0 Å². The highest BCUT2D eigenvalue weighted by Crippen LogP contribution is 2.37. The molecular formula is C20H20N2O2S2. The molecule has 3 rings (SSSR count). The number of thiocarbonyl (C=S) groups is 1. The van der Waals surface area contributed by atoms with Crippen molar-refractivity contribution in [1.29, 1.82) is 0 Å². The topological polar surface area (TPSA) is 32.8 Å². The third-order valence-electron chi connectivity index (χ3n) is 3.92. The Bertz CT molecular complexity index is 860. The molecule has 0 N–H and O–H groups in total. The number of nitrogens with zero attached hydrogens (tertiary/aromatic N) is 2. The molecule has 4 nitrogen and oxygen atoms in total. The average Bonchev–Trinajstić information content (AvgIpc) is 2.90. The second-order valence-electron chi connectivity index (χ2n) is 5.90. The van der Waals surface area contributed by atoms with Crippen molar-refractivity contribution >= 4 is 51.7 Å². The molecular weight excluding hydrogens is 364 g/mol. The summed E-state index contributed by atoms with van der Waals surface area (Å²) < 4.78 is 6.18. The number of ether oxygens (including phenoxy) is 1. The first-order chi connectivity index (χ1) is 12.5. The molecule has 0 unspecified atom stereocenters. The first-order valence-corrected chi connectivity index (χ1v) is 9.51. The van der Waals surface area contributed by atoms with E-state index in [1.54, 1.807) is 4.90 Å². The molecule has 0 aliphatic carbocycles. The standard InChI is InChI=1S/C20H20N2O2S2/c1-4-24-17-8-6-5-7-14(17)13-18-19(23)22(20(25)26-18)16-11-9-15(10-12-16)21(2)3/h5-13H,4H2,1-3H3/b18-13+. The van der Waals surface area contributed by atoms with Crippen LogP contribution in [0.1, 0.15) is 12.5 Å². The van der Waals surface area contributed by atoms with Gasteiger partial charge in [0.15, 0.2) is 4.32 Å². The Kier molecular flexibility index (Phi) is 5.64. The van der Waals surface area contributed by atoms with Gasteiger partial charge >= 0.3 is 0 Å². The van der Waals surface area contributed by atoms with E-state index in [0.29, 0.717) is 15.8 Å². The van der Waals surface area contributed by atoms with Crippen molar-refractivity contribution in [3.8, 4) is 5.75 Å². The lowest BCUT2D eigenvalue weighted by atomic mass is 10.2. The maximum absolute atomic E-state index is 12.9. The molecule has 0 saturated carbocycles. The van der Waals surface area contributed by atoms with Crippen LogP contribution in [0.4, 0.5) is 11.4 Å². The molecule has 1 fully saturated rings. The lowest BCUT2D eigenvalue weighted by Gasteiger charge is -2.17. The Morgan fingerprint density at radius 1 is 1.15 bits per heavy atom. The smallest absolute Gasteiger partial charge is 0.270 e. The number of benzene rings is 2. The zero-order valence-corrected chi connectivity index (χ0v) is 16.6. The summed E-state index contributed by atoms with van der Waals surface area (Å²) in [6.45, 7) is 2.51. The van der Waals surface area contributed by atoms with Crippen molar-refractivity contribution in [3.05, 3.63) is 59.0 Å². The number of anilines is 2. The molecule has 0 aromatic heterocycles. The molecule has 26 heavy (non-hydrogen) atoms. The van der Waals surface area contributed by atoms with Gasteiger partial charge in [0.05, 0.1) is 17.2 Å². The normalized spacial score (nSPS) is 15.7. The van der Waals surface area contributed by atoms with Gasteiger partial charge in [0.1, 0.15) is 5.75 Å². The molecule has 1 aliphatic rings. The van der Waals surface area contributed by atoms with Gasteiger partial charge in [-0.05, 0) is 43.3 Å². The number of hydrogen-bond acceptors (Lipinski definition) is 5. The van der Waals surface area contributed by atoms with Gasteiger partial charge in [0, 0.05) is 25.3 Å². The first kappa shape index (κ1) is 18.5. The molecule has 0 radical (unpaired) electrons. The number of thioether (sulfide) groups is 1. The van der Waals surface area contributed by atoms with Crippen molar-refractivity contribution in [1.82, 2.24) is 0 Å². The molecule has 2 aromatic rings. The lowest BCUT2D eigenvalue weighted by Crippen LogP contribution is -2.27. The van der Waals surface area contributed by atoms with Gasteiger partial charge in [-0.15, -0.1) is 0 Å². The van der Waals surface area contributed by atoms with Crippen LogP contribution in [0.15, 0.2) is 53.4 Å². The largest absolute Gasteiger partial charge is 0.493 e. The maximum atomic E-state index is 12.9. The number of amides is 1. The van der Waals surface area contributed by atoms with E-state index in [2.05, 4.69) is 0 Å². The van der Waals surface area contributed by atoms with Gasteiger partial charge in [-0.25, -0.2) is 0 Å². The quantitative estimate of drug-likeness (QED) is 0.558. The molecule has 0 bridgehead atoms. The Morgan fingerprint density at radius 3 is 2.50 bits per heavy atom. The van der Waals surface area contributed by atoms with Crippen LogP contribution in [-0.4, -0.2) is 30.9 Å². The van der Waals surface area contributed by atoms with Gasteiger partial charge < -0.3 is 9.64 Å². The van der Waals surface area contributed by atoms with Gasteiger partial charge in [-0.3, -0.25) is 9.69 Å². The second-order valence-corrected chi connectivity index (χ2v) is 7.57. The zero-order chi connectivity index (χ0) is 18.7. The second kappa shape index (κ2) is 7.93. The molecule has 134 valence electrons. The van der Waals surface area contributed by atoms with Crippen LogP contribution in [0.2, 0.25) is 0 Å². The van der Waals surface area contributed by atoms with Crippen LogP contribution < -0.4 is 14.5 Å². The van der Waals surface area contributed by atoms with Crippen molar-refractivity contribution in [2.24, 2.45) is 0 Å². The van der Waals surface area contributed by atoms with E-state index in [4.69, 9.17) is 17.0 Å². The summed E-state index contributed by atoms with van der Waals surface area (Å²) in [5.74, 6) is 0.652. The van der Waals surface area contributed by atoms with Crippen LogP contribution in [-0.2, 0) is 4.79 Å². The summed E-state index contributed by atoms with van der Waals surface area (Å²) in [7, 11) is 3.96. The fourth-order valence-electron chi connectivity index (χ4n) is 2.62. The monoisotopic (exact) mass is 384 g/mol. The van der Waals surface area contributed by atoms with Crippen LogP contribution >= 0.6 is 24.0 Å². The van der Waals surface area contributed by atoms with E-state index in [1.807, 2.05) is 80.5 Å². The molecule has 2 aromatic carbocycles. The van der Waals surface area contributed by atoms with E-state index < -0.39 is 0 Å². The van der Waals surface area contributed by atoms with E-state index in [9.17, 15) is 4.79 Å². The van der Waals surface area contributed by atoms with Crippen molar-refractivity contribution in [3.63, 3.8) is 0 Å². The number of rotatable bonds is 5. The highest BCUT2D eigenvalue weighted by atomic mass is 32.2. The van der Waals surface area contributed by atoms with E-state index in [1.165, 1.54) is 11.8 Å². The summed E-state index contributed by atoms with van der Waals surface area (Å²) in [6.07, 6.45) is 1.85. The third-order valence-corrected chi connectivity index (χ3v) is 5.23. The summed E-state index contributed by atoms with van der Waals surface area (Å²) >= 11 is 6.76. The van der Waals surface area contributed by atoms with Crippen molar-refractivity contribution < 1.29 is 9.53 Å². The number of para-hydroxylation sites is 1. The minimum absolute atomic E-state index is 0.107. The minimum Gasteiger partial charge on any atom is -0.493 e. The highest BCUT2D eigenvalue weighted by molar-refractivity contribution is 8.27. The predicted molar refractivity (Wildman–Crippen MR) is 114 cm³/mol. The van der Waals surface area contributed by atoms with Crippen LogP contribution in [0.5, 0.6) is 5.75 Å². The van der Waals surface area contributed by atoms with E-state index in [0.717, 1.165) is 22.7 Å². The molecule has 1 saturated heterocycles. The highest BCUT2D eigenvalue weighted by Gasteiger charge is 2.33. The van der Waals surface area contributed by atoms with Crippen molar-refractivity contribution in [2.45, 2.75) is 6.92 Å². The maximum Gasteiger partial charge on any atom is 0.270 e. The lowest BCUT2D eigenvalue weighted by molar-refractivity contribution is -0.113. The minimum atomic E-state index is -0.107. The van der Waals surface area contributed by atoms with Crippen LogP contribution in [0.25, 0.3) is 6.08 Å². The van der Waals surface area contributed by atoms with Gasteiger partial charge in [0.2, 0.25) is 0 Å². The summed E-state index contributed by atoms with van der Waals surface area (Å²) in [5, 5.41) is 0. The molecule has 0 spiro atoms. The number of hydrogen-bond donors (Lipinski definition) is 0. The molecule has 1 heterocycles. The van der Waals surface area contributed by atoms with Gasteiger partial charge in [-0.2, -0.15) is 0 Å². The van der Waals surface area contributed by atoms with Gasteiger partial charge in [0.25, 0.3) is 5.91 Å². The molecule has 1 aliphatic heterocycles.